The molecular weight excluding hydrogens is 352 g/mol. The van der Waals surface area contributed by atoms with E-state index in [0.717, 1.165) is 51.4 Å². The topological polar surface area (TPSA) is 120 Å². The first-order chi connectivity index (χ1) is 12.5. The zero-order valence-corrected chi connectivity index (χ0v) is 16.4. The second-order valence-electron chi connectivity index (χ2n) is 7.17. The summed E-state index contributed by atoms with van der Waals surface area (Å²) in [5, 5.41) is 3.70. The number of rotatable bonds is 7. The highest BCUT2D eigenvalue weighted by Crippen LogP contribution is 2.30. The minimum atomic E-state index is -0.138. The predicted octanol–water partition coefficient (Wildman–Crippen LogP) is 1.54. The number of nitrogens with two attached hydrogens (primary N) is 2. The molecule has 2 aliphatic rings. The number of ether oxygens (including phenoxy) is 1. The van der Waals surface area contributed by atoms with Crippen LogP contribution in [0.1, 0.15) is 58.3 Å². The molecule has 2 saturated carbocycles. The van der Waals surface area contributed by atoms with Crippen LogP contribution in [0.5, 0.6) is 0 Å². The number of nitrogens with zero attached hydrogens (tertiary/aromatic N) is 1. The summed E-state index contributed by atoms with van der Waals surface area (Å²) in [7, 11) is 0. The Kier molecular flexibility index (Phi) is 8.54. The SMILES string of the molecule is CCOC(=O)CSC1CCC(NC(=O)C2CCCC(N=C(N)N)C2)CC1. The second-order valence-corrected chi connectivity index (χ2v) is 8.46. The Morgan fingerprint density at radius 1 is 1.15 bits per heavy atom. The van der Waals surface area contributed by atoms with Gasteiger partial charge in [0.25, 0.3) is 0 Å². The van der Waals surface area contributed by atoms with Crippen LogP contribution in [-0.4, -0.2) is 47.5 Å². The Bertz CT molecular complexity index is 503. The lowest BCUT2D eigenvalue weighted by atomic mass is 9.84. The molecule has 0 radical (unpaired) electrons. The lowest BCUT2D eigenvalue weighted by Crippen LogP contribution is -2.43. The van der Waals surface area contributed by atoms with Gasteiger partial charge in [-0.25, -0.2) is 0 Å². The number of hydrogen-bond acceptors (Lipinski definition) is 5. The van der Waals surface area contributed by atoms with E-state index in [4.69, 9.17) is 16.2 Å². The third-order valence-electron chi connectivity index (χ3n) is 5.11. The molecule has 26 heavy (non-hydrogen) atoms. The molecule has 2 unspecified atom stereocenters. The van der Waals surface area contributed by atoms with Gasteiger partial charge in [-0.05, 0) is 51.9 Å². The van der Waals surface area contributed by atoms with Gasteiger partial charge in [0.15, 0.2) is 5.96 Å². The number of guanidine groups is 1. The molecule has 0 aromatic heterocycles. The first-order valence-corrected chi connectivity index (χ1v) is 10.7. The van der Waals surface area contributed by atoms with Crippen LogP contribution in [0.15, 0.2) is 4.99 Å². The number of carbonyl (C=O) groups excluding carboxylic acids is 2. The summed E-state index contributed by atoms with van der Waals surface area (Å²) < 4.78 is 4.96. The van der Waals surface area contributed by atoms with Gasteiger partial charge in [-0.3, -0.25) is 14.6 Å². The molecule has 0 bridgehead atoms. The van der Waals surface area contributed by atoms with Crippen molar-refractivity contribution in [2.24, 2.45) is 22.4 Å². The maximum Gasteiger partial charge on any atom is 0.315 e. The summed E-state index contributed by atoms with van der Waals surface area (Å²) in [4.78, 5) is 28.2. The Balaban J connectivity index is 1.69. The van der Waals surface area contributed by atoms with E-state index < -0.39 is 0 Å². The van der Waals surface area contributed by atoms with Gasteiger partial charge in [0.1, 0.15) is 0 Å². The zero-order chi connectivity index (χ0) is 18.9. The predicted molar refractivity (Wildman–Crippen MR) is 105 cm³/mol. The smallest absolute Gasteiger partial charge is 0.315 e. The van der Waals surface area contributed by atoms with E-state index in [0.29, 0.717) is 17.6 Å². The van der Waals surface area contributed by atoms with Gasteiger partial charge in [-0.15, -0.1) is 11.8 Å². The van der Waals surface area contributed by atoms with Crippen LogP contribution in [0.2, 0.25) is 0 Å². The molecule has 2 atom stereocenters. The van der Waals surface area contributed by atoms with E-state index in [9.17, 15) is 9.59 Å². The lowest BCUT2D eigenvalue weighted by Gasteiger charge is -2.31. The second kappa shape index (κ2) is 10.6. The minimum Gasteiger partial charge on any atom is -0.465 e. The normalized spacial score (nSPS) is 28.8. The van der Waals surface area contributed by atoms with Crippen LogP contribution in [0, 0.1) is 5.92 Å². The molecule has 0 heterocycles. The third-order valence-corrected chi connectivity index (χ3v) is 6.46. The Hall–Kier alpha value is -1.44. The molecule has 5 N–H and O–H groups in total. The van der Waals surface area contributed by atoms with Crippen molar-refractivity contribution in [1.82, 2.24) is 5.32 Å². The van der Waals surface area contributed by atoms with Crippen molar-refractivity contribution in [2.75, 3.05) is 12.4 Å². The quantitative estimate of drug-likeness (QED) is 0.348. The first-order valence-electron chi connectivity index (χ1n) is 9.64. The monoisotopic (exact) mass is 384 g/mol. The summed E-state index contributed by atoms with van der Waals surface area (Å²) in [5.74, 6) is 0.537. The number of esters is 1. The number of nitrogens with one attached hydrogen (secondary N) is 1. The van der Waals surface area contributed by atoms with Crippen molar-refractivity contribution in [3.05, 3.63) is 0 Å². The van der Waals surface area contributed by atoms with Gasteiger partial charge in [-0.1, -0.05) is 6.42 Å². The minimum absolute atomic E-state index is 0.00719. The maximum atomic E-state index is 12.6. The van der Waals surface area contributed by atoms with E-state index in [1.807, 2.05) is 6.92 Å². The van der Waals surface area contributed by atoms with E-state index in [1.54, 1.807) is 11.8 Å². The summed E-state index contributed by atoms with van der Waals surface area (Å²) in [6.45, 7) is 2.26. The third kappa shape index (κ3) is 7.05. The van der Waals surface area contributed by atoms with Crippen LogP contribution in [0.25, 0.3) is 0 Å². The van der Waals surface area contributed by atoms with Gasteiger partial charge >= 0.3 is 5.97 Å². The summed E-state index contributed by atoms with van der Waals surface area (Å²) in [6, 6.07) is 0.310. The fourth-order valence-electron chi connectivity index (χ4n) is 3.81. The van der Waals surface area contributed by atoms with E-state index in [-0.39, 0.29) is 35.8 Å². The highest BCUT2D eigenvalue weighted by molar-refractivity contribution is 8.00. The van der Waals surface area contributed by atoms with E-state index in [2.05, 4.69) is 10.3 Å². The molecule has 0 aromatic carbocycles. The molecule has 148 valence electrons. The number of hydrogen-bond donors (Lipinski definition) is 3. The highest BCUT2D eigenvalue weighted by atomic mass is 32.2. The molecule has 7 nitrogen and oxygen atoms in total. The first kappa shape index (κ1) is 20.9. The molecule has 8 heteroatoms. The largest absolute Gasteiger partial charge is 0.465 e. The van der Waals surface area contributed by atoms with Gasteiger partial charge in [0, 0.05) is 17.2 Å². The van der Waals surface area contributed by atoms with Crippen LogP contribution in [0.3, 0.4) is 0 Å². The number of thioether (sulfide) groups is 1. The van der Waals surface area contributed by atoms with Crippen LogP contribution in [-0.2, 0) is 14.3 Å². The highest BCUT2D eigenvalue weighted by Gasteiger charge is 2.30. The van der Waals surface area contributed by atoms with E-state index >= 15 is 0 Å². The van der Waals surface area contributed by atoms with Crippen molar-refractivity contribution in [3.63, 3.8) is 0 Å². The van der Waals surface area contributed by atoms with Crippen molar-refractivity contribution in [1.29, 1.82) is 0 Å². The average molecular weight is 385 g/mol. The van der Waals surface area contributed by atoms with Gasteiger partial charge in [-0.2, -0.15) is 0 Å². The molecule has 0 aliphatic heterocycles. The fourth-order valence-corrected chi connectivity index (χ4v) is 4.87. The van der Waals surface area contributed by atoms with Crippen molar-refractivity contribution in [3.8, 4) is 0 Å². The van der Waals surface area contributed by atoms with Gasteiger partial charge < -0.3 is 21.5 Å². The molecule has 0 spiro atoms. The number of amides is 1. The summed E-state index contributed by atoms with van der Waals surface area (Å²) >= 11 is 1.67. The van der Waals surface area contributed by atoms with Crippen molar-refractivity contribution in [2.45, 2.75) is 75.6 Å². The molecular formula is C18H32N4O3S. The maximum absolute atomic E-state index is 12.6. The van der Waals surface area contributed by atoms with E-state index in [1.165, 1.54) is 0 Å². The standard InChI is InChI=1S/C18H32N4O3S/c1-2-25-16(23)11-26-15-8-6-13(7-9-15)21-17(24)12-4-3-5-14(10-12)22-18(19)20/h12-15H,2-11H2,1H3,(H,21,24)(H4,19,20,22). The van der Waals surface area contributed by atoms with Crippen LogP contribution in [0.4, 0.5) is 0 Å². The molecule has 0 aromatic rings. The number of aliphatic imine (C=N–C) groups is 1. The molecule has 0 saturated heterocycles. The number of carbonyl (C=O) groups is 2. The summed E-state index contributed by atoms with van der Waals surface area (Å²) in [5.41, 5.74) is 10.9. The van der Waals surface area contributed by atoms with Crippen molar-refractivity contribution < 1.29 is 14.3 Å². The zero-order valence-electron chi connectivity index (χ0n) is 15.6. The average Bonchev–Trinajstić information content (AvgIpc) is 2.61. The van der Waals surface area contributed by atoms with Crippen molar-refractivity contribution >= 4 is 29.6 Å². The Morgan fingerprint density at radius 2 is 1.88 bits per heavy atom. The fraction of sp³-hybridized carbons (Fsp3) is 0.833. The summed E-state index contributed by atoms with van der Waals surface area (Å²) in [6.07, 6.45) is 7.56. The van der Waals surface area contributed by atoms with Crippen LogP contribution >= 0.6 is 11.8 Å². The lowest BCUT2D eigenvalue weighted by molar-refractivity contribution is -0.139. The van der Waals surface area contributed by atoms with Gasteiger partial charge in [0.05, 0.1) is 18.4 Å². The Morgan fingerprint density at radius 3 is 2.54 bits per heavy atom. The van der Waals surface area contributed by atoms with Gasteiger partial charge in [0.2, 0.25) is 5.91 Å². The molecule has 2 fully saturated rings. The van der Waals surface area contributed by atoms with Crippen LogP contribution < -0.4 is 16.8 Å². The molecule has 2 rings (SSSR count). The molecule has 1 amide bonds. The molecule has 2 aliphatic carbocycles. The Labute approximate surface area is 160 Å².